The molecule has 3 rings (SSSR count). The third-order valence-electron chi connectivity index (χ3n) is 3.11. The predicted octanol–water partition coefficient (Wildman–Crippen LogP) is -0.657. The number of rotatable bonds is 5. The zero-order valence-electron chi connectivity index (χ0n) is 11.5. The molecule has 0 aliphatic heterocycles. The Bertz CT molecular complexity index is 784. The number of H-pyrrole nitrogens is 1. The van der Waals surface area contributed by atoms with Gasteiger partial charge in [0.25, 0.3) is 0 Å². The van der Waals surface area contributed by atoms with Gasteiger partial charge < -0.3 is 0 Å². The van der Waals surface area contributed by atoms with E-state index in [1.165, 1.54) is 0 Å². The molecule has 0 aliphatic rings. The van der Waals surface area contributed by atoms with E-state index in [1.54, 1.807) is 6.33 Å². The molecule has 0 spiro atoms. The molecule has 0 amide bonds. The quantitative estimate of drug-likeness (QED) is 0.461. The van der Waals surface area contributed by atoms with Crippen molar-refractivity contribution in [1.29, 1.82) is 5.26 Å². The van der Waals surface area contributed by atoms with Crippen molar-refractivity contribution >= 4 is 11.0 Å². The van der Waals surface area contributed by atoms with Crippen LogP contribution in [0.5, 0.6) is 0 Å². The molecule has 0 saturated heterocycles. The Morgan fingerprint density at radius 2 is 2.38 bits per heavy atom. The number of alkyl halides is 2. The monoisotopic (exact) mass is 393 g/mol. The molecular weight excluding hydrogens is 379 g/mol. The topological polar surface area (TPSA) is 83.2 Å². The first-order chi connectivity index (χ1) is 10.3. The van der Waals surface area contributed by atoms with E-state index in [1.807, 2.05) is 29.3 Å². The Labute approximate surface area is 132 Å². The van der Waals surface area contributed by atoms with Crippen LogP contribution in [0.3, 0.4) is 0 Å². The minimum atomic E-state index is -0.0666. The van der Waals surface area contributed by atoms with Gasteiger partial charge in [-0.25, -0.2) is 0 Å². The Hall–Kier alpha value is -1.95. The number of nitrogens with zero attached hydrogens (tertiary/aromatic N) is 5. The average molecular weight is 393 g/mol. The number of aromatic amines is 1. The van der Waals surface area contributed by atoms with Gasteiger partial charge in [-0.2, -0.15) is 0 Å². The van der Waals surface area contributed by atoms with E-state index in [9.17, 15) is 0 Å². The summed E-state index contributed by atoms with van der Waals surface area (Å²) in [5.74, 6) is 0. The third kappa shape index (κ3) is 2.76. The van der Waals surface area contributed by atoms with Crippen LogP contribution in [0.25, 0.3) is 22.3 Å². The molecule has 108 valence electrons. The number of hydrogen-bond donors (Lipinski definition) is 1. The standard InChI is InChI=1S/C14H14IN6/c1-2-15-12(3-5-16)21-8-10(7-20-21)13-11-4-6-17-14(11)19-9-18-13/h4,6-9,12H,2-3H2,1H3,(H,17,18,19)/q-1/t12-/m1/s1. The van der Waals surface area contributed by atoms with Crippen LogP contribution in [0.4, 0.5) is 0 Å². The van der Waals surface area contributed by atoms with Gasteiger partial charge in [-0.1, -0.05) is 0 Å². The van der Waals surface area contributed by atoms with E-state index in [-0.39, 0.29) is 25.3 Å². The second-order valence-corrected chi connectivity index (χ2v) is 8.23. The van der Waals surface area contributed by atoms with E-state index in [4.69, 9.17) is 5.26 Å². The van der Waals surface area contributed by atoms with Crippen LogP contribution in [-0.2, 0) is 0 Å². The van der Waals surface area contributed by atoms with Gasteiger partial charge in [0.1, 0.15) is 0 Å². The summed E-state index contributed by atoms with van der Waals surface area (Å²) in [5.41, 5.74) is 2.66. The Kier molecular flexibility index (Phi) is 4.15. The molecule has 0 unspecified atom stereocenters. The van der Waals surface area contributed by atoms with Crippen molar-refractivity contribution < 1.29 is 21.2 Å². The second kappa shape index (κ2) is 6.22. The SMILES string of the molecule is CC[I-][C@@H](CC#N)n1cc(-c2ncnc3[nH]ccc23)cn1. The van der Waals surface area contributed by atoms with Gasteiger partial charge in [0.05, 0.1) is 0 Å². The molecule has 3 aromatic rings. The van der Waals surface area contributed by atoms with Crippen molar-refractivity contribution in [3.05, 3.63) is 31.0 Å². The molecule has 7 heteroatoms. The van der Waals surface area contributed by atoms with E-state index < -0.39 is 0 Å². The van der Waals surface area contributed by atoms with Gasteiger partial charge in [-0.15, -0.1) is 0 Å². The zero-order chi connectivity index (χ0) is 14.7. The Balaban J connectivity index is 1.98. The molecule has 3 heterocycles. The van der Waals surface area contributed by atoms with Crippen LogP contribution in [0.2, 0.25) is 0 Å². The first-order valence-electron chi connectivity index (χ1n) is 6.60. The molecule has 6 nitrogen and oxygen atoms in total. The van der Waals surface area contributed by atoms with Crippen LogP contribution in [-0.4, -0.2) is 29.2 Å². The van der Waals surface area contributed by atoms with Gasteiger partial charge in [0.15, 0.2) is 0 Å². The molecule has 0 fully saturated rings. The van der Waals surface area contributed by atoms with Gasteiger partial charge in [-0.05, 0) is 0 Å². The van der Waals surface area contributed by atoms with E-state index >= 15 is 0 Å². The molecule has 0 saturated carbocycles. The van der Waals surface area contributed by atoms with E-state index in [0.29, 0.717) is 6.42 Å². The Morgan fingerprint density at radius 3 is 3.19 bits per heavy atom. The van der Waals surface area contributed by atoms with Gasteiger partial charge in [0.2, 0.25) is 0 Å². The summed E-state index contributed by atoms with van der Waals surface area (Å²) in [6.07, 6.45) is 7.74. The molecule has 3 aromatic heterocycles. The summed E-state index contributed by atoms with van der Waals surface area (Å²) >= 11 is -0.0666. The predicted molar refractivity (Wildman–Crippen MR) is 74.9 cm³/mol. The maximum absolute atomic E-state index is 8.96. The molecule has 0 aromatic carbocycles. The van der Waals surface area contributed by atoms with Gasteiger partial charge >= 0.3 is 132 Å². The van der Waals surface area contributed by atoms with Crippen LogP contribution in [0, 0.1) is 11.3 Å². The molecule has 0 bridgehead atoms. The minimum absolute atomic E-state index is 0.0666. The molecule has 21 heavy (non-hydrogen) atoms. The van der Waals surface area contributed by atoms with Crippen LogP contribution in [0.15, 0.2) is 31.0 Å². The number of fused-ring (bicyclic) bond motifs is 1. The number of nitriles is 1. The summed E-state index contributed by atoms with van der Waals surface area (Å²) in [6, 6.07) is 4.23. The first kappa shape index (κ1) is 14.0. The van der Waals surface area contributed by atoms with E-state index in [0.717, 1.165) is 26.7 Å². The normalized spacial score (nSPS) is 12.6. The number of halogens is 1. The van der Waals surface area contributed by atoms with Crippen LogP contribution < -0.4 is 21.2 Å². The molecule has 1 atom stereocenters. The first-order valence-corrected chi connectivity index (χ1v) is 9.38. The third-order valence-corrected chi connectivity index (χ3v) is 6.02. The van der Waals surface area contributed by atoms with Crippen molar-refractivity contribution in [2.45, 2.75) is 17.4 Å². The molecular formula is C14H14IN6-. The summed E-state index contributed by atoms with van der Waals surface area (Å²) < 4.78 is 3.29. The van der Waals surface area contributed by atoms with Crippen LogP contribution in [0.1, 0.15) is 17.4 Å². The fraction of sp³-hybridized carbons (Fsp3) is 0.286. The number of nitrogens with one attached hydrogen (secondary N) is 1. The fourth-order valence-electron chi connectivity index (χ4n) is 2.19. The van der Waals surface area contributed by atoms with E-state index in [2.05, 4.69) is 33.0 Å². The summed E-state index contributed by atoms with van der Waals surface area (Å²) in [7, 11) is 0. The summed E-state index contributed by atoms with van der Waals surface area (Å²) in [4.78, 5) is 11.7. The zero-order valence-corrected chi connectivity index (χ0v) is 13.6. The van der Waals surface area contributed by atoms with Crippen molar-refractivity contribution in [3.63, 3.8) is 0 Å². The maximum atomic E-state index is 8.96. The number of hydrogen-bond acceptors (Lipinski definition) is 4. The van der Waals surface area contributed by atoms with Gasteiger partial charge in [-0.3, -0.25) is 0 Å². The average Bonchev–Trinajstić information content (AvgIpc) is 3.15. The number of aromatic nitrogens is 5. The Morgan fingerprint density at radius 1 is 1.48 bits per heavy atom. The van der Waals surface area contributed by atoms with Crippen molar-refractivity contribution in [1.82, 2.24) is 24.7 Å². The molecule has 0 aliphatic carbocycles. The summed E-state index contributed by atoms with van der Waals surface area (Å²) in [6.45, 7) is 2.16. The fourth-order valence-corrected chi connectivity index (χ4v) is 4.42. The van der Waals surface area contributed by atoms with Crippen molar-refractivity contribution in [2.24, 2.45) is 0 Å². The second-order valence-electron chi connectivity index (χ2n) is 4.39. The van der Waals surface area contributed by atoms with Crippen molar-refractivity contribution in [3.8, 4) is 17.3 Å². The van der Waals surface area contributed by atoms with Crippen LogP contribution >= 0.6 is 0 Å². The summed E-state index contributed by atoms with van der Waals surface area (Å²) in [5, 5.41) is 14.4. The molecule has 0 radical (unpaired) electrons. The van der Waals surface area contributed by atoms with Gasteiger partial charge in [0, 0.05) is 0 Å². The molecule has 1 N–H and O–H groups in total. The van der Waals surface area contributed by atoms with Crippen molar-refractivity contribution in [2.75, 3.05) is 4.43 Å².